The van der Waals surface area contributed by atoms with Crippen LogP contribution < -0.4 is 5.32 Å². The molecule has 9 heteroatoms. The molecule has 1 aliphatic rings. The summed E-state index contributed by atoms with van der Waals surface area (Å²) in [6.07, 6.45) is -3.39. The molecule has 1 aromatic heterocycles. The maximum absolute atomic E-state index is 12.6. The molecule has 0 aliphatic carbocycles. The largest absolute Gasteiger partial charge is 0.417 e. The first-order chi connectivity index (χ1) is 10.4. The summed E-state index contributed by atoms with van der Waals surface area (Å²) in [5.41, 5.74) is -0.906. The van der Waals surface area contributed by atoms with Gasteiger partial charge in [0.05, 0.1) is 42.6 Å². The van der Waals surface area contributed by atoms with Crippen LogP contribution in [0.2, 0.25) is 5.02 Å². The maximum atomic E-state index is 12.6. The average molecular weight is 341 g/mol. The number of anilines is 1. The molecule has 2 N–H and O–H groups in total. The molecule has 2 atom stereocenters. The van der Waals surface area contributed by atoms with Crippen molar-refractivity contribution < 1.29 is 27.8 Å². The van der Waals surface area contributed by atoms with E-state index in [9.17, 15) is 13.2 Å². The molecule has 22 heavy (non-hydrogen) atoms. The molecule has 2 unspecified atom stereocenters. The molecule has 1 saturated heterocycles. The van der Waals surface area contributed by atoms with Gasteiger partial charge in [-0.1, -0.05) is 11.6 Å². The summed E-state index contributed by atoms with van der Waals surface area (Å²) in [7, 11) is 0. The molecule has 5 nitrogen and oxygen atoms in total. The molecule has 0 aromatic carbocycles. The monoisotopic (exact) mass is 340 g/mol. The van der Waals surface area contributed by atoms with Gasteiger partial charge < -0.3 is 19.9 Å². The summed E-state index contributed by atoms with van der Waals surface area (Å²) >= 11 is 5.86. The fourth-order valence-electron chi connectivity index (χ4n) is 2.13. The van der Waals surface area contributed by atoms with Gasteiger partial charge in [0.2, 0.25) is 0 Å². The van der Waals surface area contributed by atoms with Gasteiger partial charge in [0.25, 0.3) is 0 Å². The average Bonchev–Trinajstić information content (AvgIpc) is 2.47. The normalized spacial score (nSPS) is 22.6. The van der Waals surface area contributed by atoms with Gasteiger partial charge in [-0.15, -0.1) is 0 Å². The predicted molar refractivity (Wildman–Crippen MR) is 73.9 cm³/mol. The first-order valence-electron chi connectivity index (χ1n) is 6.71. The second kappa shape index (κ2) is 7.45. The Labute approximate surface area is 130 Å². The Morgan fingerprint density at radius 2 is 2.27 bits per heavy atom. The number of alkyl halides is 3. The van der Waals surface area contributed by atoms with Crippen molar-refractivity contribution in [3.05, 3.63) is 22.8 Å². The van der Waals surface area contributed by atoms with E-state index in [1.165, 1.54) is 0 Å². The number of nitrogens with zero attached hydrogens (tertiary/aromatic N) is 1. The SMILES string of the molecule is OCCOC1CCOCC1Nc1ncc(C(F)(F)F)cc1Cl. The summed E-state index contributed by atoms with van der Waals surface area (Å²) in [5.74, 6) is 0.141. The second-order valence-electron chi connectivity index (χ2n) is 4.80. The summed E-state index contributed by atoms with van der Waals surface area (Å²) in [4.78, 5) is 3.73. The van der Waals surface area contributed by atoms with Crippen LogP contribution in [0, 0.1) is 0 Å². The molecule has 2 rings (SSSR count). The van der Waals surface area contributed by atoms with E-state index in [4.69, 9.17) is 26.2 Å². The summed E-state index contributed by atoms with van der Waals surface area (Å²) in [5, 5.41) is 11.6. The number of nitrogens with one attached hydrogen (secondary N) is 1. The van der Waals surface area contributed by atoms with Crippen molar-refractivity contribution in [2.24, 2.45) is 0 Å². The molecule has 0 saturated carbocycles. The van der Waals surface area contributed by atoms with Crippen LogP contribution in [-0.2, 0) is 15.7 Å². The molecule has 1 fully saturated rings. The van der Waals surface area contributed by atoms with E-state index >= 15 is 0 Å². The van der Waals surface area contributed by atoms with E-state index in [0.717, 1.165) is 12.3 Å². The highest BCUT2D eigenvalue weighted by Crippen LogP contribution is 2.32. The fourth-order valence-corrected chi connectivity index (χ4v) is 2.35. The van der Waals surface area contributed by atoms with Crippen molar-refractivity contribution in [1.29, 1.82) is 0 Å². The standard InChI is InChI=1S/C13H16ClF3N2O3/c14-9-5-8(13(15,16)17)6-18-12(9)19-10-7-21-3-1-11(10)22-4-2-20/h5-6,10-11,20H,1-4,7H2,(H,18,19). The van der Waals surface area contributed by atoms with Crippen molar-refractivity contribution >= 4 is 17.4 Å². The zero-order valence-corrected chi connectivity index (χ0v) is 12.3. The van der Waals surface area contributed by atoms with Gasteiger partial charge in [0, 0.05) is 12.8 Å². The molecule has 1 aliphatic heterocycles. The van der Waals surface area contributed by atoms with Gasteiger partial charge in [-0.05, 0) is 12.5 Å². The number of halogens is 4. The molecule has 0 amide bonds. The summed E-state index contributed by atoms with van der Waals surface area (Å²) in [6, 6.07) is 0.520. The van der Waals surface area contributed by atoms with Crippen molar-refractivity contribution in [2.45, 2.75) is 24.7 Å². The molecule has 1 aromatic rings. The summed E-state index contributed by atoms with van der Waals surface area (Å²) in [6.45, 7) is 0.901. The van der Waals surface area contributed by atoms with Crippen molar-refractivity contribution in [3.63, 3.8) is 0 Å². The number of rotatable bonds is 5. The van der Waals surface area contributed by atoms with Crippen molar-refractivity contribution in [3.8, 4) is 0 Å². The first kappa shape index (κ1) is 17.3. The molecular formula is C13H16ClF3N2O3. The highest BCUT2D eigenvalue weighted by Gasteiger charge is 2.32. The van der Waals surface area contributed by atoms with E-state index in [0.29, 0.717) is 19.6 Å². The third-order valence-corrected chi connectivity index (χ3v) is 3.49. The third-order valence-electron chi connectivity index (χ3n) is 3.21. The smallest absolute Gasteiger partial charge is 0.394 e. The highest BCUT2D eigenvalue weighted by molar-refractivity contribution is 6.33. The Morgan fingerprint density at radius 1 is 1.50 bits per heavy atom. The summed E-state index contributed by atoms with van der Waals surface area (Å²) < 4.78 is 48.5. The zero-order valence-electron chi connectivity index (χ0n) is 11.6. The van der Waals surface area contributed by atoms with Crippen LogP contribution in [-0.4, -0.2) is 48.7 Å². The predicted octanol–water partition coefficient (Wildman–Crippen LogP) is 2.33. The number of aliphatic hydroxyl groups excluding tert-OH is 1. The van der Waals surface area contributed by atoms with Gasteiger partial charge in [0.15, 0.2) is 0 Å². The van der Waals surface area contributed by atoms with Crippen LogP contribution in [0.15, 0.2) is 12.3 Å². The zero-order chi connectivity index (χ0) is 16.2. The first-order valence-corrected chi connectivity index (χ1v) is 7.09. The van der Waals surface area contributed by atoms with Crippen molar-refractivity contribution in [2.75, 3.05) is 31.7 Å². The lowest BCUT2D eigenvalue weighted by Crippen LogP contribution is -2.44. The van der Waals surface area contributed by atoms with E-state index in [1.54, 1.807) is 0 Å². The van der Waals surface area contributed by atoms with E-state index in [2.05, 4.69) is 10.3 Å². The molecule has 124 valence electrons. The van der Waals surface area contributed by atoms with Crippen LogP contribution in [0.4, 0.5) is 19.0 Å². The Bertz CT molecular complexity index is 502. The Balaban J connectivity index is 2.08. The fraction of sp³-hybridized carbons (Fsp3) is 0.615. The number of hydrogen-bond acceptors (Lipinski definition) is 5. The molecule has 2 heterocycles. The highest BCUT2D eigenvalue weighted by atomic mass is 35.5. The van der Waals surface area contributed by atoms with Crippen LogP contribution in [0.5, 0.6) is 0 Å². The quantitative estimate of drug-likeness (QED) is 0.861. The van der Waals surface area contributed by atoms with Crippen LogP contribution in [0.3, 0.4) is 0 Å². The van der Waals surface area contributed by atoms with Gasteiger partial charge in [-0.3, -0.25) is 0 Å². The minimum atomic E-state index is -4.49. The number of hydrogen-bond donors (Lipinski definition) is 2. The maximum Gasteiger partial charge on any atom is 0.417 e. The lowest BCUT2D eigenvalue weighted by Gasteiger charge is -2.32. The molecule has 0 radical (unpaired) electrons. The Kier molecular flexibility index (Phi) is 5.85. The Morgan fingerprint density at radius 3 is 2.91 bits per heavy atom. The number of aliphatic hydroxyl groups is 1. The van der Waals surface area contributed by atoms with Crippen LogP contribution in [0.1, 0.15) is 12.0 Å². The van der Waals surface area contributed by atoms with Crippen LogP contribution >= 0.6 is 11.6 Å². The van der Waals surface area contributed by atoms with E-state index < -0.39 is 11.7 Å². The van der Waals surface area contributed by atoms with Gasteiger partial charge >= 0.3 is 6.18 Å². The number of ether oxygens (including phenoxy) is 2. The Hall–Kier alpha value is -1.09. The van der Waals surface area contributed by atoms with Gasteiger partial charge in [0.1, 0.15) is 5.82 Å². The third kappa shape index (κ3) is 4.45. The molecule has 0 bridgehead atoms. The lowest BCUT2D eigenvalue weighted by atomic mass is 10.1. The number of aromatic nitrogens is 1. The van der Waals surface area contributed by atoms with E-state index in [-0.39, 0.29) is 36.2 Å². The van der Waals surface area contributed by atoms with Crippen molar-refractivity contribution in [1.82, 2.24) is 4.98 Å². The molecule has 0 spiro atoms. The second-order valence-corrected chi connectivity index (χ2v) is 5.21. The van der Waals surface area contributed by atoms with E-state index in [1.807, 2.05) is 0 Å². The van der Waals surface area contributed by atoms with Gasteiger partial charge in [-0.2, -0.15) is 13.2 Å². The van der Waals surface area contributed by atoms with Crippen LogP contribution in [0.25, 0.3) is 0 Å². The molecular weight excluding hydrogens is 325 g/mol. The topological polar surface area (TPSA) is 63.6 Å². The van der Waals surface area contributed by atoms with Gasteiger partial charge in [-0.25, -0.2) is 4.98 Å². The minimum absolute atomic E-state index is 0.108. The number of pyridine rings is 1. The lowest BCUT2D eigenvalue weighted by molar-refractivity contribution is -0.137. The minimum Gasteiger partial charge on any atom is -0.394 e.